The highest BCUT2D eigenvalue weighted by Gasteiger charge is 2.33. The number of rotatable bonds is 5. The molecule has 108 valence electrons. The molecule has 1 aromatic carbocycles. The smallest absolute Gasteiger partial charge is 0.251 e. The minimum atomic E-state index is -0.512. The molecule has 1 aromatic rings. The molecule has 2 rings (SSSR count). The molecule has 0 unspecified atom stereocenters. The summed E-state index contributed by atoms with van der Waals surface area (Å²) in [7, 11) is 0. The first-order valence-electron chi connectivity index (χ1n) is 6.85. The largest absolute Gasteiger partial charge is 0.396 e. The van der Waals surface area contributed by atoms with Crippen LogP contribution in [0.4, 0.5) is 0 Å². The summed E-state index contributed by atoms with van der Waals surface area (Å²) in [5.41, 5.74) is 5.85. The molecular weight excluding hydrogens is 256 g/mol. The number of benzene rings is 1. The summed E-state index contributed by atoms with van der Waals surface area (Å²) >= 11 is 0. The number of carbonyl (C=O) groups excluding carboxylic acids is 2. The van der Waals surface area contributed by atoms with Crippen LogP contribution in [0.5, 0.6) is 0 Å². The highest BCUT2D eigenvalue weighted by Crippen LogP contribution is 2.36. The van der Waals surface area contributed by atoms with Crippen molar-refractivity contribution in [1.82, 2.24) is 5.32 Å². The molecule has 5 nitrogen and oxygen atoms in total. The highest BCUT2D eigenvalue weighted by atomic mass is 16.3. The maximum atomic E-state index is 12.0. The molecule has 1 aliphatic carbocycles. The highest BCUT2D eigenvalue weighted by molar-refractivity contribution is 5.97. The molecule has 0 heterocycles. The lowest BCUT2D eigenvalue weighted by atomic mass is 9.87. The normalized spacial score (nSPS) is 16.9. The lowest BCUT2D eigenvalue weighted by Gasteiger charge is -2.26. The van der Waals surface area contributed by atoms with E-state index in [0.29, 0.717) is 17.7 Å². The Balaban J connectivity index is 1.96. The Morgan fingerprint density at radius 3 is 2.20 bits per heavy atom. The Hall–Kier alpha value is -1.88. The maximum Gasteiger partial charge on any atom is 0.251 e. The number of hydrogen-bond acceptors (Lipinski definition) is 3. The third-order valence-corrected chi connectivity index (χ3v) is 4.06. The first kappa shape index (κ1) is 14.5. The zero-order valence-electron chi connectivity index (χ0n) is 11.4. The van der Waals surface area contributed by atoms with Crippen molar-refractivity contribution in [3.8, 4) is 0 Å². The summed E-state index contributed by atoms with van der Waals surface area (Å²) in [6.45, 7) is 0.591. The SMILES string of the molecule is NC(=O)c1ccc(C(=O)NCC2(CO)CCCC2)cc1. The molecule has 4 N–H and O–H groups in total. The minimum Gasteiger partial charge on any atom is -0.396 e. The van der Waals surface area contributed by atoms with Gasteiger partial charge in [-0.25, -0.2) is 0 Å². The molecular formula is C15H20N2O3. The molecule has 1 fully saturated rings. The Morgan fingerprint density at radius 2 is 1.70 bits per heavy atom. The van der Waals surface area contributed by atoms with Crippen molar-refractivity contribution < 1.29 is 14.7 Å². The summed E-state index contributed by atoms with van der Waals surface area (Å²) in [5.74, 6) is -0.706. The van der Waals surface area contributed by atoms with E-state index in [1.807, 2.05) is 0 Å². The molecule has 2 amide bonds. The monoisotopic (exact) mass is 276 g/mol. The second-order valence-corrected chi connectivity index (χ2v) is 5.49. The molecule has 0 radical (unpaired) electrons. The van der Waals surface area contributed by atoms with Crippen molar-refractivity contribution in [2.24, 2.45) is 11.1 Å². The van der Waals surface area contributed by atoms with Crippen molar-refractivity contribution in [1.29, 1.82) is 0 Å². The molecule has 1 aliphatic rings. The molecule has 0 aromatic heterocycles. The minimum absolute atomic E-state index is 0.105. The number of aliphatic hydroxyl groups excluding tert-OH is 1. The van der Waals surface area contributed by atoms with Crippen molar-refractivity contribution in [2.45, 2.75) is 25.7 Å². The Kier molecular flexibility index (Phi) is 4.39. The van der Waals surface area contributed by atoms with Crippen LogP contribution in [-0.4, -0.2) is 30.1 Å². The van der Waals surface area contributed by atoms with Crippen LogP contribution in [0.25, 0.3) is 0 Å². The van der Waals surface area contributed by atoms with Gasteiger partial charge in [0.25, 0.3) is 5.91 Å². The lowest BCUT2D eigenvalue weighted by Crippen LogP contribution is -2.38. The van der Waals surface area contributed by atoms with Crippen LogP contribution in [0.3, 0.4) is 0 Å². The summed E-state index contributed by atoms with van der Waals surface area (Å²) in [4.78, 5) is 23.0. The van der Waals surface area contributed by atoms with Gasteiger partial charge in [-0.2, -0.15) is 0 Å². The van der Waals surface area contributed by atoms with E-state index in [9.17, 15) is 14.7 Å². The van der Waals surface area contributed by atoms with Crippen molar-refractivity contribution in [3.05, 3.63) is 35.4 Å². The zero-order valence-corrected chi connectivity index (χ0v) is 11.4. The van der Waals surface area contributed by atoms with Gasteiger partial charge in [0.1, 0.15) is 0 Å². The number of nitrogens with one attached hydrogen (secondary N) is 1. The fourth-order valence-electron chi connectivity index (χ4n) is 2.67. The number of primary amides is 1. The second-order valence-electron chi connectivity index (χ2n) is 5.49. The summed E-state index contributed by atoms with van der Waals surface area (Å²) in [6, 6.07) is 6.23. The topological polar surface area (TPSA) is 92.4 Å². The van der Waals surface area contributed by atoms with Crippen molar-refractivity contribution in [2.75, 3.05) is 13.2 Å². The maximum absolute atomic E-state index is 12.0. The van der Waals surface area contributed by atoms with E-state index in [2.05, 4.69) is 5.32 Å². The zero-order chi connectivity index (χ0) is 14.6. The van der Waals surface area contributed by atoms with E-state index in [-0.39, 0.29) is 17.9 Å². The quantitative estimate of drug-likeness (QED) is 0.751. The van der Waals surface area contributed by atoms with Gasteiger partial charge < -0.3 is 16.2 Å². The fraction of sp³-hybridized carbons (Fsp3) is 0.467. The van der Waals surface area contributed by atoms with E-state index in [0.717, 1.165) is 25.7 Å². The van der Waals surface area contributed by atoms with E-state index < -0.39 is 5.91 Å². The molecule has 0 saturated heterocycles. The molecule has 0 spiro atoms. The molecule has 5 heteroatoms. The lowest BCUT2D eigenvalue weighted by molar-refractivity contribution is 0.0879. The van der Waals surface area contributed by atoms with Gasteiger partial charge in [-0.15, -0.1) is 0 Å². The summed E-state index contributed by atoms with van der Waals surface area (Å²) in [6.07, 6.45) is 4.10. The molecule has 20 heavy (non-hydrogen) atoms. The summed E-state index contributed by atoms with van der Waals surface area (Å²) < 4.78 is 0. The van der Waals surface area contributed by atoms with Gasteiger partial charge in [0, 0.05) is 23.1 Å². The second kappa shape index (κ2) is 6.05. The van der Waals surface area contributed by atoms with Crippen LogP contribution in [0.1, 0.15) is 46.4 Å². The van der Waals surface area contributed by atoms with E-state index in [1.54, 1.807) is 12.1 Å². The van der Waals surface area contributed by atoms with Gasteiger partial charge in [-0.3, -0.25) is 9.59 Å². The number of amides is 2. The summed E-state index contributed by atoms with van der Waals surface area (Å²) in [5, 5.41) is 12.4. The van der Waals surface area contributed by atoms with Crippen LogP contribution < -0.4 is 11.1 Å². The van der Waals surface area contributed by atoms with Crippen molar-refractivity contribution >= 4 is 11.8 Å². The van der Waals surface area contributed by atoms with Gasteiger partial charge in [-0.05, 0) is 37.1 Å². The Bertz CT molecular complexity index is 490. The van der Waals surface area contributed by atoms with Crippen LogP contribution in [0, 0.1) is 5.41 Å². The standard InChI is InChI=1S/C15H20N2O3/c16-13(19)11-3-5-12(6-4-11)14(20)17-9-15(10-18)7-1-2-8-15/h3-6,18H,1-2,7-10H2,(H2,16,19)(H,17,20). The first-order valence-corrected chi connectivity index (χ1v) is 6.85. The van der Waals surface area contributed by atoms with E-state index >= 15 is 0 Å². The van der Waals surface area contributed by atoms with E-state index in [1.165, 1.54) is 12.1 Å². The van der Waals surface area contributed by atoms with Gasteiger partial charge >= 0.3 is 0 Å². The van der Waals surface area contributed by atoms with Crippen LogP contribution in [0.2, 0.25) is 0 Å². The first-order chi connectivity index (χ1) is 9.56. The van der Waals surface area contributed by atoms with E-state index in [4.69, 9.17) is 5.73 Å². The van der Waals surface area contributed by atoms with Crippen LogP contribution >= 0.6 is 0 Å². The van der Waals surface area contributed by atoms with Crippen molar-refractivity contribution in [3.63, 3.8) is 0 Å². The van der Waals surface area contributed by atoms with Gasteiger partial charge in [0.2, 0.25) is 5.91 Å². The molecule has 0 aliphatic heterocycles. The average molecular weight is 276 g/mol. The van der Waals surface area contributed by atoms with Gasteiger partial charge in [-0.1, -0.05) is 12.8 Å². The number of aliphatic hydroxyl groups is 1. The third-order valence-electron chi connectivity index (χ3n) is 4.06. The molecule has 1 saturated carbocycles. The molecule has 0 bridgehead atoms. The number of hydrogen-bond donors (Lipinski definition) is 3. The Morgan fingerprint density at radius 1 is 1.15 bits per heavy atom. The third kappa shape index (κ3) is 3.17. The van der Waals surface area contributed by atoms with Crippen LogP contribution in [-0.2, 0) is 0 Å². The number of nitrogens with two attached hydrogens (primary N) is 1. The predicted octanol–water partition coefficient (Wildman–Crippen LogP) is 1.07. The van der Waals surface area contributed by atoms with Gasteiger partial charge in [0.15, 0.2) is 0 Å². The average Bonchev–Trinajstić information content (AvgIpc) is 2.94. The Labute approximate surface area is 118 Å². The number of carbonyl (C=O) groups is 2. The fourth-order valence-corrected chi connectivity index (χ4v) is 2.67. The predicted molar refractivity (Wildman–Crippen MR) is 75.3 cm³/mol. The van der Waals surface area contributed by atoms with Gasteiger partial charge in [0.05, 0.1) is 6.61 Å². The molecule has 0 atom stereocenters. The van der Waals surface area contributed by atoms with Crippen LogP contribution in [0.15, 0.2) is 24.3 Å².